The van der Waals surface area contributed by atoms with Gasteiger partial charge in [-0.05, 0) is 55.3 Å². The molecule has 0 bridgehead atoms. The number of aryl methyl sites for hydroxylation is 1. The molecule has 0 fully saturated rings. The molecule has 8 heteroatoms. The Morgan fingerprint density at radius 3 is 2.50 bits per heavy atom. The number of halogens is 4. The van der Waals surface area contributed by atoms with E-state index in [0.717, 1.165) is 22.3 Å². The minimum atomic E-state index is -4.54. The van der Waals surface area contributed by atoms with Crippen molar-refractivity contribution in [3.8, 4) is 5.69 Å². The van der Waals surface area contributed by atoms with Crippen LogP contribution in [0.4, 0.5) is 13.2 Å². The number of carbonyl (C=O) groups is 1. The largest absolute Gasteiger partial charge is 0.416 e. The second kappa shape index (κ2) is 8.75. The highest BCUT2D eigenvalue weighted by molar-refractivity contribution is 6.31. The van der Waals surface area contributed by atoms with E-state index >= 15 is 0 Å². The lowest BCUT2D eigenvalue weighted by molar-refractivity contribution is -0.137. The smallest absolute Gasteiger partial charge is 0.352 e. The molecule has 1 aromatic heterocycles. The summed E-state index contributed by atoms with van der Waals surface area (Å²) in [5.41, 5.74) is -0.419. The Morgan fingerprint density at radius 1 is 1.07 bits per heavy atom. The van der Waals surface area contributed by atoms with E-state index in [1.54, 1.807) is 19.1 Å². The zero-order chi connectivity index (χ0) is 21.9. The van der Waals surface area contributed by atoms with Crippen molar-refractivity contribution in [2.24, 2.45) is 0 Å². The van der Waals surface area contributed by atoms with Crippen molar-refractivity contribution in [2.75, 3.05) is 6.54 Å². The lowest BCUT2D eigenvalue weighted by atomic mass is 10.1. The molecule has 1 N–H and O–H groups in total. The van der Waals surface area contributed by atoms with Gasteiger partial charge in [-0.1, -0.05) is 35.9 Å². The molecule has 4 nitrogen and oxygen atoms in total. The van der Waals surface area contributed by atoms with Crippen LogP contribution < -0.4 is 10.9 Å². The molecular formula is C22H18ClF3N2O2. The third-order valence-electron chi connectivity index (χ3n) is 4.59. The van der Waals surface area contributed by atoms with Crippen LogP contribution in [-0.2, 0) is 12.6 Å². The maximum atomic E-state index is 13.0. The van der Waals surface area contributed by atoms with E-state index < -0.39 is 23.2 Å². The van der Waals surface area contributed by atoms with E-state index in [0.29, 0.717) is 17.1 Å². The maximum absolute atomic E-state index is 13.0. The van der Waals surface area contributed by atoms with Crippen LogP contribution in [0.5, 0.6) is 0 Å². The van der Waals surface area contributed by atoms with Gasteiger partial charge < -0.3 is 5.32 Å². The zero-order valence-electron chi connectivity index (χ0n) is 16.0. The number of amides is 1. The van der Waals surface area contributed by atoms with Crippen LogP contribution in [-0.4, -0.2) is 17.0 Å². The number of carbonyl (C=O) groups excluding carboxylic acids is 1. The summed E-state index contributed by atoms with van der Waals surface area (Å²) in [5.74, 6) is -0.604. The van der Waals surface area contributed by atoms with Crippen molar-refractivity contribution in [3.05, 3.63) is 98.4 Å². The molecule has 1 amide bonds. The summed E-state index contributed by atoms with van der Waals surface area (Å²) in [6.07, 6.45) is -4.07. The molecule has 3 aromatic rings. The number of alkyl halides is 3. The highest BCUT2D eigenvalue weighted by Crippen LogP contribution is 2.30. The molecule has 0 aliphatic heterocycles. The van der Waals surface area contributed by atoms with Gasteiger partial charge in [0, 0.05) is 22.9 Å². The molecule has 0 aliphatic carbocycles. The highest BCUT2D eigenvalue weighted by atomic mass is 35.5. The average Bonchev–Trinajstić information content (AvgIpc) is 2.69. The number of rotatable bonds is 5. The van der Waals surface area contributed by atoms with Gasteiger partial charge in [-0.2, -0.15) is 13.2 Å². The van der Waals surface area contributed by atoms with Gasteiger partial charge in [0.15, 0.2) is 0 Å². The Morgan fingerprint density at radius 2 is 1.80 bits per heavy atom. The van der Waals surface area contributed by atoms with Crippen molar-refractivity contribution in [2.45, 2.75) is 19.5 Å². The van der Waals surface area contributed by atoms with E-state index in [9.17, 15) is 22.8 Å². The molecule has 1 heterocycles. The van der Waals surface area contributed by atoms with Crippen LogP contribution >= 0.6 is 11.6 Å². The molecule has 0 radical (unpaired) electrons. The normalized spacial score (nSPS) is 11.4. The van der Waals surface area contributed by atoms with Gasteiger partial charge in [0.2, 0.25) is 0 Å². The number of nitrogens with one attached hydrogen (secondary N) is 1. The third kappa shape index (κ3) is 4.74. The minimum absolute atomic E-state index is 0.0399. The molecule has 30 heavy (non-hydrogen) atoms. The maximum Gasteiger partial charge on any atom is 0.416 e. The number of aromatic nitrogens is 1. The molecule has 3 rings (SSSR count). The fraction of sp³-hybridized carbons (Fsp3) is 0.182. The standard InChI is InChI=1S/C22H18ClF3N2O2/c1-14-9-10-18(20(29)27-12-11-15-5-2-3-8-19(15)23)21(30)28(14)17-7-4-6-16(13-17)22(24,25)26/h2-10,13H,11-12H2,1H3,(H,27,29). The Hall–Kier alpha value is -3.06. The molecule has 2 aromatic carbocycles. The highest BCUT2D eigenvalue weighted by Gasteiger charge is 2.30. The van der Waals surface area contributed by atoms with Gasteiger partial charge in [0.1, 0.15) is 5.56 Å². The van der Waals surface area contributed by atoms with Gasteiger partial charge >= 0.3 is 6.18 Å². The van der Waals surface area contributed by atoms with Crippen LogP contribution in [0.1, 0.15) is 27.2 Å². The van der Waals surface area contributed by atoms with E-state index in [1.807, 2.05) is 12.1 Å². The van der Waals surface area contributed by atoms with E-state index in [-0.39, 0.29) is 17.8 Å². The fourth-order valence-electron chi connectivity index (χ4n) is 3.05. The molecule has 0 saturated carbocycles. The molecule has 0 spiro atoms. The quantitative estimate of drug-likeness (QED) is 0.627. The predicted octanol–water partition coefficient (Wildman–Crippen LogP) is 4.79. The third-order valence-corrected chi connectivity index (χ3v) is 4.96. The first-order valence-corrected chi connectivity index (χ1v) is 9.48. The van der Waals surface area contributed by atoms with Crippen LogP contribution in [0.2, 0.25) is 5.02 Å². The van der Waals surface area contributed by atoms with Crippen LogP contribution in [0.15, 0.2) is 65.5 Å². The van der Waals surface area contributed by atoms with Crippen molar-refractivity contribution in [3.63, 3.8) is 0 Å². The topological polar surface area (TPSA) is 51.1 Å². The fourth-order valence-corrected chi connectivity index (χ4v) is 3.28. The number of benzene rings is 2. The van der Waals surface area contributed by atoms with Crippen LogP contribution in [0.25, 0.3) is 5.69 Å². The minimum Gasteiger partial charge on any atom is -0.352 e. The molecular weight excluding hydrogens is 417 g/mol. The van der Waals surface area contributed by atoms with Gasteiger partial charge in [-0.15, -0.1) is 0 Å². The van der Waals surface area contributed by atoms with Crippen LogP contribution in [0.3, 0.4) is 0 Å². The lowest BCUT2D eigenvalue weighted by Crippen LogP contribution is -2.34. The molecule has 156 valence electrons. The van der Waals surface area contributed by atoms with Crippen molar-refractivity contribution in [1.82, 2.24) is 9.88 Å². The van der Waals surface area contributed by atoms with Gasteiger partial charge in [0.25, 0.3) is 11.5 Å². The Balaban J connectivity index is 1.85. The molecule has 0 atom stereocenters. The van der Waals surface area contributed by atoms with E-state index in [1.165, 1.54) is 24.3 Å². The van der Waals surface area contributed by atoms with Gasteiger partial charge in [-0.25, -0.2) is 0 Å². The first-order chi connectivity index (χ1) is 14.2. The first kappa shape index (κ1) is 21.6. The second-order valence-electron chi connectivity index (χ2n) is 6.67. The summed E-state index contributed by atoms with van der Waals surface area (Å²) in [6.45, 7) is 1.83. The first-order valence-electron chi connectivity index (χ1n) is 9.10. The Labute approximate surface area is 175 Å². The second-order valence-corrected chi connectivity index (χ2v) is 7.08. The van der Waals surface area contributed by atoms with Crippen molar-refractivity contribution >= 4 is 17.5 Å². The summed E-state index contributed by atoms with van der Waals surface area (Å²) in [4.78, 5) is 25.4. The number of hydrogen-bond acceptors (Lipinski definition) is 2. The number of nitrogens with zero attached hydrogens (tertiary/aromatic N) is 1. The Kier molecular flexibility index (Phi) is 6.31. The van der Waals surface area contributed by atoms with Crippen LogP contribution in [0, 0.1) is 6.92 Å². The number of pyridine rings is 1. The summed E-state index contributed by atoms with van der Waals surface area (Å²) < 4.78 is 40.2. The van der Waals surface area contributed by atoms with E-state index in [4.69, 9.17) is 11.6 Å². The number of hydrogen-bond donors (Lipinski definition) is 1. The van der Waals surface area contributed by atoms with Crippen molar-refractivity contribution in [1.29, 1.82) is 0 Å². The van der Waals surface area contributed by atoms with Crippen molar-refractivity contribution < 1.29 is 18.0 Å². The molecule has 0 aliphatic rings. The Bertz CT molecular complexity index is 1140. The summed E-state index contributed by atoms with van der Waals surface area (Å²) in [5, 5.41) is 3.24. The zero-order valence-corrected chi connectivity index (χ0v) is 16.7. The van der Waals surface area contributed by atoms with E-state index in [2.05, 4.69) is 5.32 Å². The summed E-state index contributed by atoms with van der Waals surface area (Å²) in [6, 6.07) is 14.5. The predicted molar refractivity (Wildman–Crippen MR) is 109 cm³/mol. The SMILES string of the molecule is Cc1ccc(C(=O)NCCc2ccccc2Cl)c(=O)n1-c1cccc(C(F)(F)F)c1. The lowest BCUT2D eigenvalue weighted by Gasteiger charge is -2.14. The van der Waals surface area contributed by atoms with Gasteiger partial charge in [0.05, 0.1) is 5.56 Å². The van der Waals surface area contributed by atoms with Gasteiger partial charge in [-0.3, -0.25) is 14.2 Å². The monoisotopic (exact) mass is 434 g/mol. The summed E-state index contributed by atoms with van der Waals surface area (Å²) >= 11 is 6.09. The molecule has 0 unspecified atom stereocenters. The summed E-state index contributed by atoms with van der Waals surface area (Å²) in [7, 11) is 0. The molecule has 0 saturated heterocycles. The average molecular weight is 435 g/mol.